The van der Waals surface area contributed by atoms with E-state index in [1.54, 1.807) is 7.05 Å². The first-order valence-corrected chi connectivity index (χ1v) is 7.79. The zero-order chi connectivity index (χ0) is 14.9. The molecule has 0 bridgehead atoms. The van der Waals surface area contributed by atoms with Crippen LogP contribution in [-0.4, -0.2) is 43.8 Å². The summed E-state index contributed by atoms with van der Waals surface area (Å²) in [7, 11) is -1.94. The van der Waals surface area contributed by atoms with Crippen molar-refractivity contribution < 1.29 is 13.3 Å². The Morgan fingerprint density at radius 2 is 2.14 bits per heavy atom. The molecule has 0 spiro atoms. The molecule has 1 unspecified atom stereocenters. The van der Waals surface area contributed by atoms with Crippen molar-refractivity contribution in [2.45, 2.75) is 17.4 Å². The number of nitro groups is 1. The molecule has 7 nitrogen and oxygen atoms in total. The second kappa shape index (κ2) is 6.89. The second-order valence-corrected chi connectivity index (χ2v) is 6.82. The van der Waals surface area contributed by atoms with Crippen LogP contribution >= 0.6 is 24.0 Å². The fourth-order valence-electron chi connectivity index (χ4n) is 2.13. The van der Waals surface area contributed by atoms with Gasteiger partial charge in [-0.05, 0) is 19.5 Å². The molecule has 21 heavy (non-hydrogen) atoms. The number of hydrogen-bond donors (Lipinski definition) is 1. The molecule has 1 atom stereocenters. The van der Waals surface area contributed by atoms with Crippen molar-refractivity contribution in [1.29, 1.82) is 0 Å². The van der Waals surface area contributed by atoms with Crippen LogP contribution < -0.4 is 5.32 Å². The van der Waals surface area contributed by atoms with Gasteiger partial charge >= 0.3 is 0 Å². The Morgan fingerprint density at radius 1 is 1.48 bits per heavy atom. The topological polar surface area (TPSA) is 92.6 Å². The van der Waals surface area contributed by atoms with E-state index >= 15 is 0 Å². The Hall–Kier alpha value is -0.930. The van der Waals surface area contributed by atoms with Crippen molar-refractivity contribution in [3.05, 3.63) is 33.3 Å². The van der Waals surface area contributed by atoms with Gasteiger partial charge in [-0.1, -0.05) is 11.6 Å². The molecule has 2 rings (SSSR count). The van der Waals surface area contributed by atoms with Crippen LogP contribution in [-0.2, 0) is 10.0 Å². The van der Waals surface area contributed by atoms with E-state index in [2.05, 4.69) is 5.32 Å². The van der Waals surface area contributed by atoms with Gasteiger partial charge in [-0.2, -0.15) is 4.31 Å². The van der Waals surface area contributed by atoms with Gasteiger partial charge < -0.3 is 5.32 Å². The summed E-state index contributed by atoms with van der Waals surface area (Å²) in [6.07, 6.45) is 0.723. The lowest BCUT2D eigenvalue weighted by Gasteiger charge is -2.17. The molecule has 1 aromatic carbocycles. The maximum atomic E-state index is 12.4. The van der Waals surface area contributed by atoms with E-state index in [0.717, 1.165) is 18.6 Å². The smallest absolute Gasteiger partial charge is 0.271 e. The van der Waals surface area contributed by atoms with Crippen molar-refractivity contribution in [3.8, 4) is 0 Å². The van der Waals surface area contributed by atoms with Gasteiger partial charge in [0.15, 0.2) is 0 Å². The van der Waals surface area contributed by atoms with E-state index in [1.165, 1.54) is 10.4 Å². The Kier molecular flexibility index (Phi) is 5.94. The van der Waals surface area contributed by atoms with Gasteiger partial charge in [0.1, 0.15) is 4.90 Å². The third kappa shape index (κ3) is 3.64. The van der Waals surface area contributed by atoms with Gasteiger partial charge in [0, 0.05) is 31.3 Å². The first-order chi connectivity index (χ1) is 9.36. The molecule has 1 aliphatic rings. The number of hydrogen-bond acceptors (Lipinski definition) is 5. The van der Waals surface area contributed by atoms with Crippen LogP contribution in [0.3, 0.4) is 0 Å². The lowest BCUT2D eigenvalue weighted by molar-refractivity contribution is -0.384. The quantitative estimate of drug-likeness (QED) is 0.654. The number of halogens is 2. The van der Waals surface area contributed by atoms with Gasteiger partial charge in [-0.15, -0.1) is 12.4 Å². The Balaban J connectivity index is 0.00000220. The average Bonchev–Trinajstić information content (AvgIpc) is 2.87. The van der Waals surface area contributed by atoms with Gasteiger partial charge in [0.2, 0.25) is 10.0 Å². The maximum Gasteiger partial charge on any atom is 0.271 e. The molecule has 0 amide bonds. The van der Waals surface area contributed by atoms with E-state index in [1.807, 2.05) is 0 Å². The van der Waals surface area contributed by atoms with Crippen LogP contribution in [0.1, 0.15) is 6.42 Å². The monoisotopic (exact) mass is 355 g/mol. The molecule has 1 aliphatic heterocycles. The molecule has 10 heteroatoms. The van der Waals surface area contributed by atoms with E-state index in [0.29, 0.717) is 13.1 Å². The minimum atomic E-state index is -3.72. The highest BCUT2D eigenvalue weighted by molar-refractivity contribution is 7.89. The summed E-state index contributed by atoms with van der Waals surface area (Å²) in [4.78, 5) is 9.92. The molecular formula is C11H15Cl2N3O4S. The van der Waals surface area contributed by atoms with Crippen LogP contribution in [0.2, 0.25) is 5.02 Å². The Morgan fingerprint density at radius 3 is 2.62 bits per heavy atom. The van der Waals surface area contributed by atoms with E-state index in [-0.39, 0.29) is 34.1 Å². The summed E-state index contributed by atoms with van der Waals surface area (Å²) in [6, 6.07) is 3.49. The highest BCUT2D eigenvalue weighted by Gasteiger charge is 2.33. The lowest BCUT2D eigenvalue weighted by Crippen LogP contribution is -2.33. The van der Waals surface area contributed by atoms with Crippen molar-refractivity contribution in [2.24, 2.45) is 0 Å². The molecule has 0 aliphatic carbocycles. The molecule has 1 N–H and O–H groups in total. The van der Waals surface area contributed by atoms with Gasteiger partial charge in [0.05, 0.1) is 9.95 Å². The fourth-order valence-corrected chi connectivity index (χ4v) is 4.15. The van der Waals surface area contributed by atoms with Crippen molar-refractivity contribution in [1.82, 2.24) is 9.62 Å². The molecule has 1 saturated heterocycles. The predicted octanol–water partition coefficient (Wildman–Crippen LogP) is 1.65. The average molecular weight is 356 g/mol. The number of non-ortho nitro benzene ring substituents is 1. The summed E-state index contributed by atoms with van der Waals surface area (Å²) in [5.74, 6) is 0. The zero-order valence-electron chi connectivity index (χ0n) is 11.2. The molecule has 1 aromatic rings. The Labute approximate surface area is 133 Å². The number of sulfonamides is 1. The normalized spacial score (nSPS) is 19.2. The van der Waals surface area contributed by atoms with Gasteiger partial charge in [-0.25, -0.2) is 8.42 Å². The van der Waals surface area contributed by atoms with Crippen LogP contribution in [0, 0.1) is 10.1 Å². The number of nitrogens with zero attached hydrogens (tertiary/aromatic N) is 2. The minimum Gasteiger partial charge on any atom is -0.316 e. The summed E-state index contributed by atoms with van der Waals surface area (Å²) in [6.45, 7) is 0.771. The summed E-state index contributed by atoms with van der Waals surface area (Å²) < 4.78 is 26.2. The van der Waals surface area contributed by atoms with Crippen molar-refractivity contribution in [3.63, 3.8) is 0 Å². The summed E-state index contributed by atoms with van der Waals surface area (Å²) in [5, 5.41) is 13.5. The molecule has 0 aromatic heterocycles. The van der Waals surface area contributed by atoms with E-state index in [4.69, 9.17) is 11.6 Å². The summed E-state index contributed by atoms with van der Waals surface area (Å²) in [5.41, 5.74) is -0.233. The number of benzene rings is 1. The molecule has 0 radical (unpaired) electrons. The standard InChI is InChI=1S/C11H14ClN3O4S.ClH/c1-13-8-4-5-14(7-8)20(18,19)11-3-2-9(15(16)17)6-10(11)12;/h2-3,6,8,13H,4-5,7H2,1H3;1H. The number of rotatable bonds is 4. The SMILES string of the molecule is CNC1CCN(S(=O)(=O)c2ccc([N+](=O)[O-])cc2Cl)C1.Cl. The highest BCUT2D eigenvalue weighted by Crippen LogP contribution is 2.30. The lowest BCUT2D eigenvalue weighted by atomic mass is 10.3. The third-order valence-electron chi connectivity index (χ3n) is 3.30. The number of nitro benzene ring substituents is 1. The van der Waals surface area contributed by atoms with Crippen LogP contribution in [0.5, 0.6) is 0 Å². The van der Waals surface area contributed by atoms with Crippen LogP contribution in [0.15, 0.2) is 23.1 Å². The molecular weight excluding hydrogens is 341 g/mol. The number of likely N-dealkylation sites (N-methyl/N-ethyl adjacent to an activating group) is 1. The largest absolute Gasteiger partial charge is 0.316 e. The van der Waals surface area contributed by atoms with Gasteiger partial charge in [-0.3, -0.25) is 10.1 Å². The second-order valence-electron chi connectivity index (χ2n) is 4.51. The van der Waals surface area contributed by atoms with Gasteiger partial charge in [0.25, 0.3) is 5.69 Å². The predicted molar refractivity (Wildman–Crippen MR) is 81.6 cm³/mol. The van der Waals surface area contributed by atoms with Crippen LogP contribution in [0.4, 0.5) is 5.69 Å². The molecule has 1 fully saturated rings. The highest BCUT2D eigenvalue weighted by atomic mass is 35.5. The minimum absolute atomic E-state index is 0. The molecule has 0 saturated carbocycles. The van der Waals surface area contributed by atoms with E-state index in [9.17, 15) is 18.5 Å². The number of nitrogens with one attached hydrogen (secondary N) is 1. The maximum absolute atomic E-state index is 12.4. The van der Waals surface area contributed by atoms with E-state index < -0.39 is 14.9 Å². The first kappa shape index (κ1) is 18.1. The zero-order valence-corrected chi connectivity index (χ0v) is 13.5. The van der Waals surface area contributed by atoms with Crippen molar-refractivity contribution in [2.75, 3.05) is 20.1 Å². The molecule has 1 heterocycles. The van der Waals surface area contributed by atoms with Crippen molar-refractivity contribution >= 4 is 39.7 Å². The van der Waals surface area contributed by atoms with Crippen LogP contribution in [0.25, 0.3) is 0 Å². The molecule has 118 valence electrons. The third-order valence-corrected chi connectivity index (χ3v) is 5.65. The Bertz CT molecular complexity index is 638. The first-order valence-electron chi connectivity index (χ1n) is 5.97. The fraction of sp³-hybridized carbons (Fsp3) is 0.455. The summed E-state index contributed by atoms with van der Waals surface area (Å²) >= 11 is 5.88.